The van der Waals surface area contributed by atoms with E-state index in [1.54, 1.807) is 6.07 Å². The van der Waals surface area contributed by atoms with Crippen LogP contribution in [0.15, 0.2) is 36.9 Å². The van der Waals surface area contributed by atoms with E-state index in [-0.39, 0.29) is 12.4 Å². The van der Waals surface area contributed by atoms with Gasteiger partial charge < -0.3 is 8.92 Å². The number of fused-ring (bicyclic) bond motifs is 1. The van der Waals surface area contributed by atoms with Crippen LogP contribution in [0, 0.1) is 5.82 Å². The second-order valence-electron chi connectivity index (χ2n) is 5.65. The van der Waals surface area contributed by atoms with Crippen LogP contribution in [0.25, 0.3) is 17.0 Å². The first kappa shape index (κ1) is 18.4. The van der Waals surface area contributed by atoms with E-state index in [9.17, 15) is 13.2 Å². The van der Waals surface area contributed by atoms with Gasteiger partial charge in [-0.15, -0.1) is 0 Å². The first-order valence-corrected chi connectivity index (χ1v) is 10.5. The second kappa shape index (κ2) is 7.45. The van der Waals surface area contributed by atoms with Crippen LogP contribution in [0.5, 0.6) is 5.75 Å². The molecule has 0 spiro atoms. The van der Waals surface area contributed by atoms with Crippen molar-refractivity contribution in [1.82, 2.24) is 4.98 Å². The second-order valence-corrected chi connectivity index (χ2v) is 7.02. The van der Waals surface area contributed by atoms with Gasteiger partial charge in [0.1, 0.15) is 52.1 Å². The molecule has 2 heterocycles. The highest BCUT2D eigenvalue weighted by molar-refractivity contribution is 14.2. The Balaban J connectivity index is 2.21. The number of alkyl halides is 2. The number of halogens is 4. The number of hydrogen-bond donors (Lipinski definition) is 0. The molecule has 0 aliphatic carbocycles. The molecule has 132 valence electrons. The smallest absolute Gasteiger partial charge is 0.156 e. The van der Waals surface area contributed by atoms with E-state index in [0.717, 1.165) is 9.21 Å². The normalized spacial score (nSPS) is 14.7. The molecule has 0 saturated carbocycles. The summed E-state index contributed by atoms with van der Waals surface area (Å²) < 4.78 is 51.4. The van der Waals surface area contributed by atoms with Crippen LogP contribution in [-0.4, -0.2) is 24.9 Å². The monoisotopic (exact) mass is 479 g/mol. The van der Waals surface area contributed by atoms with Crippen molar-refractivity contribution in [3.05, 3.63) is 54.0 Å². The summed E-state index contributed by atoms with van der Waals surface area (Å²) in [6.07, 6.45) is 0. The Morgan fingerprint density at radius 3 is 2.60 bits per heavy atom. The summed E-state index contributed by atoms with van der Waals surface area (Å²) in [5.41, 5.74) is 0.297. The van der Waals surface area contributed by atoms with Gasteiger partial charge in [-0.3, -0.25) is 0 Å². The van der Waals surface area contributed by atoms with E-state index in [4.69, 9.17) is 8.92 Å². The zero-order valence-electron chi connectivity index (χ0n) is 12.9. The third-order valence-electron chi connectivity index (χ3n) is 4.08. The molecule has 0 saturated heterocycles. The molecule has 8 heteroatoms. The van der Waals surface area contributed by atoms with Crippen molar-refractivity contribution < 1.29 is 22.1 Å². The molecule has 0 radical (unpaired) electrons. The third kappa shape index (κ3) is 3.33. The first-order chi connectivity index (χ1) is 12.0. The van der Waals surface area contributed by atoms with Crippen molar-refractivity contribution >= 4 is 36.2 Å². The van der Waals surface area contributed by atoms with Crippen LogP contribution >= 0.6 is 30.4 Å². The van der Waals surface area contributed by atoms with Crippen molar-refractivity contribution in [2.24, 2.45) is 0 Å². The van der Waals surface area contributed by atoms with Crippen LogP contribution in [-0.2, 0) is 9.60 Å². The van der Waals surface area contributed by atoms with Crippen LogP contribution in [0.1, 0.15) is 11.3 Å². The Kier molecular flexibility index (Phi) is 5.47. The van der Waals surface area contributed by atoms with Gasteiger partial charge in [0.15, 0.2) is 5.76 Å². The van der Waals surface area contributed by atoms with Crippen LogP contribution in [0.3, 0.4) is 0 Å². The number of benzene rings is 1. The molecule has 25 heavy (non-hydrogen) atoms. The fourth-order valence-electron chi connectivity index (χ4n) is 2.65. The molecule has 3 rings (SSSR count). The molecule has 0 fully saturated rings. The lowest BCUT2D eigenvalue weighted by Crippen LogP contribution is -2.33. The highest BCUT2D eigenvalue weighted by atomic mass is 127. The van der Waals surface area contributed by atoms with Gasteiger partial charge in [-0.2, -0.15) is 0 Å². The summed E-state index contributed by atoms with van der Waals surface area (Å²) in [5.74, 6) is 0.165. The van der Waals surface area contributed by atoms with E-state index < -0.39 is 24.6 Å². The van der Waals surface area contributed by atoms with E-state index in [1.165, 1.54) is 24.3 Å². The number of rotatable bonds is 6. The quantitative estimate of drug-likeness (QED) is 0.314. The van der Waals surface area contributed by atoms with E-state index in [1.807, 2.05) is 21.2 Å². The summed E-state index contributed by atoms with van der Waals surface area (Å²) in [6.45, 7) is 1.86. The highest BCUT2D eigenvalue weighted by Crippen LogP contribution is 2.46. The van der Waals surface area contributed by atoms with Crippen LogP contribution < -0.4 is 4.74 Å². The maximum absolute atomic E-state index is 13.7. The molecule has 0 amide bonds. The lowest BCUT2D eigenvalue weighted by atomic mass is 9.84. The molecule has 2 aromatic rings. The number of nitrogens with zero attached hydrogens (tertiary/aromatic N) is 1. The number of pyridine rings is 1. The Labute approximate surface area is 159 Å². The predicted molar refractivity (Wildman–Crippen MR) is 100 cm³/mol. The Bertz CT molecular complexity index is 797. The van der Waals surface area contributed by atoms with E-state index in [0.29, 0.717) is 28.3 Å². The molecule has 1 aliphatic heterocycles. The fourth-order valence-corrected chi connectivity index (χ4v) is 3.46. The number of aromatic nitrogens is 1. The number of ether oxygens (including phenoxy) is 1. The molecule has 0 unspecified atom stereocenters. The zero-order valence-corrected chi connectivity index (χ0v) is 15.9. The molecular formula is C17H13F3INO2S. The SMILES string of the molecule is C=C(OSI)c1cc2c(c(-c3ccc(F)cc3)n1)OCC2(CF)CF. The zero-order chi connectivity index (χ0) is 18.0. The van der Waals surface area contributed by atoms with Crippen molar-refractivity contribution in [3.63, 3.8) is 0 Å². The average Bonchev–Trinajstić information content (AvgIpc) is 3.01. The predicted octanol–water partition coefficient (Wildman–Crippen LogP) is 5.44. The summed E-state index contributed by atoms with van der Waals surface area (Å²) >= 11 is 1.93. The molecule has 3 nitrogen and oxygen atoms in total. The van der Waals surface area contributed by atoms with Gasteiger partial charge in [0.05, 0.1) is 5.41 Å². The summed E-state index contributed by atoms with van der Waals surface area (Å²) in [5, 5.41) is 0. The molecule has 0 atom stereocenters. The van der Waals surface area contributed by atoms with Gasteiger partial charge in [-0.1, -0.05) is 6.58 Å². The van der Waals surface area contributed by atoms with Crippen molar-refractivity contribution in [2.45, 2.75) is 5.41 Å². The molecular weight excluding hydrogens is 466 g/mol. The minimum absolute atomic E-state index is 0.122. The van der Waals surface area contributed by atoms with Crippen LogP contribution in [0.4, 0.5) is 13.2 Å². The van der Waals surface area contributed by atoms with Crippen molar-refractivity contribution in [3.8, 4) is 17.0 Å². The summed E-state index contributed by atoms with van der Waals surface area (Å²) in [4.78, 5) is 4.46. The standard InChI is InChI=1S/C17H13F3INO2S/c1-10(24-25-21)14-6-13-16(23-9-17(13,7-18)8-19)15(22-14)11-2-4-12(20)5-3-11/h2-6H,1,7-9H2. The Hall–Kier alpha value is -1.42. The Morgan fingerprint density at radius 1 is 1.32 bits per heavy atom. The summed E-state index contributed by atoms with van der Waals surface area (Å²) in [7, 11) is 1.05. The van der Waals surface area contributed by atoms with E-state index in [2.05, 4.69) is 11.6 Å². The van der Waals surface area contributed by atoms with E-state index >= 15 is 0 Å². The first-order valence-electron chi connectivity index (χ1n) is 7.25. The van der Waals surface area contributed by atoms with Gasteiger partial charge >= 0.3 is 0 Å². The Morgan fingerprint density at radius 2 is 2.00 bits per heavy atom. The van der Waals surface area contributed by atoms with Gasteiger partial charge in [-0.25, -0.2) is 18.2 Å². The highest BCUT2D eigenvalue weighted by Gasteiger charge is 2.43. The summed E-state index contributed by atoms with van der Waals surface area (Å²) in [6, 6.07) is 7.19. The number of hydrogen-bond acceptors (Lipinski definition) is 4. The van der Waals surface area contributed by atoms with Gasteiger partial charge in [-0.05, 0) is 30.3 Å². The molecule has 1 aromatic carbocycles. The maximum Gasteiger partial charge on any atom is 0.156 e. The lowest BCUT2D eigenvalue weighted by Gasteiger charge is -2.20. The maximum atomic E-state index is 13.7. The van der Waals surface area contributed by atoms with Crippen molar-refractivity contribution in [1.29, 1.82) is 0 Å². The van der Waals surface area contributed by atoms with Crippen molar-refractivity contribution in [2.75, 3.05) is 20.0 Å². The molecule has 1 aliphatic rings. The topological polar surface area (TPSA) is 31.4 Å². The minimum Gasteiger partial charge on any atom is -0.490 e. The average molecular weight is 479 g/mol. The molecule has 0 bridgehead atoms. The largest absolute Gasteiger partial charge is 0.490 e. The lowest BCUT2D eigenvalue weighted by molar-refractivity contribution is 0.185. The molecule has 0 N–H and O–H groups in total. The third-order valence-corrected chi connectivity index (χ3v) is 4.89. The minimum atomic E-state index is -1.38. The van der Waals surface area contributed by atoms with Gasteiger partial charge in [0.25, 0.3) is 0 Å². The van der Waals surface area contributed by atoms with Gasteiger partial charge in [0.2, 0.25) is 0 Å². The molecule has 1 aromatic heterocycles. The van der Waals surface area contributed by atoms with Crippen LogP contribution in [0.2, 0.25) is 0 Å². The fraction of sp³-hybridized carbons (Fsp3) is 0.235. The van der Waals surface area contributed by atoms with Gasteiger partial charge in [0, 0.05) is 32.3 Å².